The van der Waals surface area contributed by atoms with E-state index in [-0.39, 0.29) is 17.9 Å². The molecule has 0 aliphatic heterocycles. The molecule has 94 valence electrons. The largest absolute Gasteiger partial charge is 0.497 e. The normalized spacial score (nSPS) is 19.5. The lowest BCUT2D eigenvalue weighted by Crippen LogP contribution is -2.42. The summed E-state index contributed by atoms with van der Waals surface area (Å²) in [7, 11) is 1.66. The van der Waals surface area contributed by atoms with Crippen molar-refractivity contribution in [1.29, 1.82) is 0 Å². The number of rotatable bonds is 5. The zero-order valence-electron chi connectivity index (χ0n) is 10.4. The van der Waals surface area contributed by atoms with E-state index < -0.39 is 0 Å². The SMILES string of the molecule is COc1ccc([C@H](CN)C2(CO)CCC2)cc1. The van der Waals surface area contributed by atoms with Crippen molar-refractivity contribution in [2.75, 3.05) is 20.3 Å². The first-order chi connectivity index (χ1) is 8.25. The fraction of sp³-hybridized carbons (Fsp3) is 0.571. The molecule has 1 aliphatic rings. The number of nitrogens with two attached hydrogens (primary N) is 1. The molecule has 1 saturated carbocycles. The molecule has 0 heterocycles. The van der Waals surface area contributed by atoms with E-state index in [0.717, 1.165) is 18.6 Å². The molecule has 3 N–H and O–H groups in total. The number of aliphatic hydroxyl groups excluding tert-OH is 1. The van der Waals surface area contributed by atoms with Crippen molar-refractivity contribution in [2.45, 2.75) is 25.2 Å². The monoisotopic (exact) mass is 235 g/mol. The Balaban J connectivity index is 2.22. The highest BCUT2D eigenvalue weighted by atomic mass is 16.5. The van der Waals surface area contributed by atoms with E-state index in [1.807, 2.05) is 12.1 Å². The number of benzene rings is 1. The Morgan fingerprint density at radius 2 is 2.00 bits per heavy atom. The predicted octanol–water partition coefficient (Wildman–Crippen LogP) is 1.90. The maximum Gasteiger partial charge on any atom is 0.118 e. The van der Waals surface area contributed by atoms with Crippen LogP contribution in [0.15, 0.2) is 24.3 Å². The number of methoxy groups -OCH3 is 1. The van der Waals surface area contributed by atoms with E-state index >= 15 is 0 Å². The Kier molecular flexibility index (Phi) is 3.69. The van der Waals surface area contributed by atoms with Gasteiger partial charge in [-0.1, -0.05) is 18.6 Å². The summed E-state index contributed by atoms with van der Waals surface area (Å²) in [5, 5.41) is 9.62. The second kappa shape index (κ2) is 5.07. The summed E-state index contributed by atoms with van der Waals surface area (Å²) in [5.41, 5.74) is 7.13. The second-order valence-electron chi connectivity index (χ2n) is 4.94. The first-order valence-electron chi connectivity index (χ1n) is 6.20. The van der Waals surface area contributed by atoms with Crippen molar-refractivity contribution in [3.05, 3.63) is 29.8 Å². The highest BCUT2D eigenvalue weighted by molar-refractivity contribution is 5.31. The highest BCUT2D eigenvalue weighted by Crippen LogP contribution is 2.50. The third-order valence-corrected chi connectivity index (χ3v) is 4.16. The smallest absolute Gasteiger partial charge is 0.118 e. The van der Waals surface area contributed by atoms with Gasteiger partial charge in [0.15, 0.2) is 0 Å². The Hall–Kier alpha value is -1.06. The van der Waals surface area contributed by atoms with Crippen molar-refractivity contribution in [2.24, 2.45) is 11.1 Å². The average Bonchev–Trinajstić information content (AvgIpc) is 2.34. The van der Waals surface area contributed by atoms with Gasteiger partial charge in [0.2, 0.25) is 0 Å². The summed E-state index contributed by atoms with van der Waals surface area (Å²) < 4.78 is 5.15. The molecule has 0 saturated heterocycles. The van der Waals surface area contributed by atoms with Crippen LogP contribution in [0.3, 0.4) is 0 Å². The zero-order chi connectivity index (χ0) is 12.3. The molecule has 3 nitrogen and oxygen atoms in total. The van der Waals surface area contributed by atoms with Gasteiger partial charge in [0.1, 0.15) is 5.75 Å². The van der Waals surface area contributed by atoms with Gasteiger partial charge in [0, 0.05) is 17.9 Å². The average molecular weight is 235 g/mol. The summed E-state index contributed by atoms with van der Waals surface area (Å²) >= 11 is 0. The topological polar surface area (TPSA) is 55.5 Å². The van der Waals surface area contributed by atoms with Crippen LogP contribution in [0.2, 0.25) is 0 Å². The molecule has 0 aromatic heterocycles. The summed E-state index contributed by atoms with van der Waals surface area (Å²) in [5.74, 6) is 1.11. The zero-order valence-corrected chi connectivity index (χ0v) is 10.4. The van der Waals surface area contributed by atoms with Crippen LogP contribution in [0.4, 0.5) is 0 Å². The highest BCUT2D eigenvalue weighted by Gasteiger charge is 2.43. The molecule has 1 fully saturated rings. The van der Waals surface area contributed by atoms with Gasteiger partial charge in [0.25, 0.3) is 0 Å². The van der Waals surface area contributed by atoms with E-state index in [2.05, 4.69) is 12.1 Å². The fourth-order valence-corrected chi connectivity index (χ4v) is 2.82. The molecule has 1 aliphatic carbocycles. The maximum absolute atomic E-state index is 9.62. The lowest BCUT2D eigenvalue weighted by molar-refractivity contribution is 0.0192. The summed E-state index contributed by atoms with van der Waals surface area (Å²) in [6.07, 6.45) is 3.36. The van der Waals surface area contributed by atoms with E-state index in [1.54, 1.807) is 7.11 Å². The molecule has 0 unspecified atom stereocenters. The van der Waals surface area contributed by atoms with E-state index in [1.165, 1.54) is 12.0 Å². The van der Waals surface area contributed by atoms with Gasteiger partial charge in [-0.05, 0) is 37.1 Å². The first-order valence-corrected chi connectivity index (χ1v) is 6.20. The molecule has 0 spiro atoms. The maximum atomic E-state index is 9.62. The number of hydrogen-bond donors (Lipinski definition) is 2. The van der Waals surface area contributed by atoms with Gasteiger partial charge in [-0.3, -0.25) is 0 Å². The Morgan fingerprint density at radius 1 is 1.35 bits per heavy atom. The van der Waals surface area contributed by atoms with Crippen LogP contribution in [-0.4, -0.2) is 25.4 Å². The first kappa shape index (κ1) is 12.4. The Morgan fingerprint density at radius 3 is 2.35 bits per heavy atom. The minimum atomic E-state index is 0.0172. The van der Waals surface area contributed by atoms with Crippen LogP contribution in [0.1, 0.15) is 30.7 Å². The van der Waals surface area contributed by atoms with Gasteiger partial charge in [-0.15, -0.1) is 0 Å². The summed E-state index contributed by atoms with van der Waals surface area (Å²) in [6, 6.07) is 8.04. The van der Waals surface area contributed by atoms with Crippen LogP contribution >= 0.6 is 0 Å². The Bertz CT molecular complexity index is 351. The van der Waals surface area contributed by atoms with Crippen LogP contribution in [-0.2, 0) is 0 Å². The number of aliphatic hydroxyl groups is 1. The van der Waals surface area contributed by atoms with Gasteiger partial charge in [0.05, 0.1) is 7.11 Å². The molecule has 1 atom stereocenters. The van der Waals surface area contributed by atoms with Crippen LogP contribution in [0, 0.1) is 5.41 Å². The molecular formula is C14H21NO2. The molecule has 2 rings (SSSR count). The third kappa shape index (κ3) is 2.17. The van der Waals surface area contributed by atoms with Crippen molar-refractivity contribution in [3.8, 4) is 5.75 Å². The Labute approximate surface area is 103 Å². The van der Waals surface area contributed by atoms with Crippen LogP contribution in [0.5, 0.6) is 5.75 Å². The molecule has 17 heavy (non-hydrogen) atoms. The summed E-state index contributed by atoms with van der Waals surface area (Å²) in [6.45, 7) is 0.827. The molecule has 0 amide bonds. The molecular weight excluding hydrogens is 214 g/mol. The molecule has 0 bridgehead atoms. The van der Waals surface area contributed by atoms with Gasteiger partial charge in [-0.25, -0.2) is 0 Å². The standard InChI is InChI=1S/C14H21NO2/c1-17-12-5-3-11(4-6-12)13(9-15)14(10-16)7-2-8-14/h3-6,13,16H,2,7-10,15H2,1H3/t13-/m0/s1. The van der Waals surface area contributed by atoms with E-state index in [0.29, 0.717) is 6.54 Å². The number of ether oxygens (including phenoxy) is 1. The minimum Gasteiger partial charge on any atom is -0.497 e. The van der Waals surface area contributed by atoms with Crippen molar-refractivity contribution < 1.29 is 9.84 Å². The van der Waals surface area contributed by atoms with E-state index in [4.69, 9.17) is 10.5 Å². The molecule has 0 radical (unpaired) electrons. The second-order valence-corrected chi connectivity index (χ2v) is 4.94. The lowest BCUT2D eigenvalue weighted by atomic mass is 9.60. The minimum absolute atomic E-state index is 0.0172. The summed E-state index contributed by atoms with van der Waals surface area (Å²) in [4.78, 5) is 0. The van der Waals surface area contributed by atoms with Crippen LogP contribution in [0.25, 0.3) is 0 Å². The third-order valence-electron chi connectivity index (χ3n) is 4.16. The van der Waals surface area contributed by atoms with Gasteiger partial charge >= 0.3 is 0 Å². The fourth-order valence-electron chi connectivity index (χ4n) is 2.82. The van der Waals surface area contributed by atoms with Crippen LogP contribution < -0.4 is 10.5 Å². The quantitative estimate of drug-likeness (QED) is 0.819. The van der Waals surface area contributed by atoms with E-state index in [9.17, 15) is 5.11 Å². The van der Waals surface area contributed by atoms with Gasteiger partial charge in [-0.2, -0.15) is 0 Å². The van der Waals surface area contributed by atoms with Crippen molar-refractivity contribution in [1.82, 2.24) is 0 Å². The predicted molar refractivity (Wildman–Crippen MR) is 68.2 cm³/mol. The number of hydrogen-bond acceptors (Lipinski definition) is 3. The molecule has 1 aromatic rings. The lowest BCUT2D eigenvalue weighted by Gasteiger charge is -2.46. The molecule has 1 aromatic carbocycles. The van der Waals surface area contributed by atoms with Crippen molar-refractivity contribution >= 4 is 0 Å². The molecule has 3 heteroatoms. The van der Waals surface area contributed by atoms with Crippen molar-refractivity contribution in [3.63, 3.8) is 0 Å². The van der Waals surface area contributed by atoms with Gasteiger partial charge < -0.3 is 15.6 Å².